The summed E-state index contributed by atoms with van der Waals surface area (Å²) in [5, 5.41) is 18.0. The lowest BCUT2D eigenvalue weighted by atomic mass is 10.1. The molecular formula is C26H28N4O4. The van der Waals surface area contributed by atoms with Crippen LogP contribution in [0.1, 0.15) is 5.56 Å². The maximum absolute atomic E-state index is 10.3. The monoisotopic (exact) mass is 460 g/mol. The molecule has 1 atom stereocenters. The van der Waals surface area contributed by atoms with E-state index in [0.717, 1.165) is 28.3 Å². The normalized spacial score (nSPS) is 11.6. The number of hydrogen-bond donors (Lipinski definition) is 2. The van der Waals surface area contributed by atoms with Crippen LogP contribution in [0.2, 0.25) is 0 Å². The lowest BCUT2D eigenvalue weighted by Crippen LogP contribution is -2.26. The first-order chi connectivity index (χ1) is 16.6. The number of ether oxygens (including phenoxy) is 3. The molecule has 0 spiro atoms. The Bertz CT molecular complexity index is 1210. The molecule has 0 saturated carbocycles. The quantitative estimate of drug-likeness (QED) is 0.368. The van der Waals surface area contributed by atoms with Gasteiger partial charge in [0.05, 0.1) is 19.9 Å². The van der Waals surface area contributed by atoms with Gasteiger partial charge >= 0.3 is 6.01 Å². The van der Waals surface area contributed by atoms with Gasteiger partial charge < -0.3 is 24.6 Å². The fourth-order valence-corrected chi connectivity index (χ4v) is 3.44. The Balaban J connectivity index is 1.39. The molecule has 34 heavy (non-hydrogen) atoms. The molecule has 8 nitrogen and oxygen atoms in total. The summed E-state index contributed by atoms with van der Waals surface area (Å²) in [6.45, 7) is 2.56. The average Bonchev–Trinajstić information content (AvgIpc) is 3.31. The van der Waals surface area contributed by atoms with Crippen LogP contribution in [0.5, 0.6) is 17.5 Å². The first-order valence-corrected chi connectivity index (χ1v) is 10.9. The van der Waals surface area contributed by atoms with Crippen LogP contribution >= 0.6 is 0 Å². The summed E-state index contributed by atoms with van der Waals surface area (Å²) in [7, 11) is 3.17. The summed E-state index contributed by atoms with van der Waals surface area (Å²) in [5.74, 6) is 2.15. The van der Waals surface area contributed by atoms with E-state index in [4.69, 9.17) is 14.2 Å². The molecule has 0 radical (unpaired) electrons. The number of aliphatic hydroxyl groups is 1. The van der Waals surface area contributed by atoms with Crippen molar-refractivity contribution < 1.29 is 19.3 Å². The zero-order valence-electron chi connectivity index (χ0n) is 19.4. The Morgan fingerprint density at radius 1 is 0.912 bits per heavy atom. The van der Waals surface area contributed by atoms with Gasteiger partial charge in [-0.3, -0.25) is 0 Å². The first-order valence-electron chi connectivity index (χ1n) is 10.9. The number of anilines is 1. The lowest BCUT2D eigenvalue weighted by molar-refractivity contribution is 0.117. The van der Waals surface area contributed by atoms with E-state index in [1.807, 2.05) is 79.7 Å². The zero-order valence-corrected chi connectivity index (χ0v) is 19.4. The van der Waals surface area contributed by atoms with Gasteiger partial charge in [-0.15, -0.1) is 5.10 Å². The number of nitrogens with zero attached hydrogens (tertiary/aromatic N) is 3. The van der Waals surface area contributed by atoms with Crippen molar-refractivity contribution in [1.29, 1.82) is 0 Å². The van der Waals surface area contributed by atoms with Crippen LogP contribution in [-0.4, -0.2) is 53.3 Å². The fraction of sp³-hybridized carbons (Fsp3) is 0.231. The molecule has 1 aromatic heterocycles. The van der Waals surface area contributed by atoms with Crippen molar-refractivity contribution in [2.24, 2.45) is 0 Å². The largest absolute Gasteiger partial charge is 0.497 e. The van der Waals surface area contributed by atoms with Crippen molar-refractivity contribution in [3.63, 3.8) is 0 Å². The molecule has 0 saturated heterocycles. The van der Waals surface area contributed by atoms with Gasteiger partial charge in [0.15, 0.2) is 5.82 Å². The van der Waals surface area contributed by atoms with Crippen LogP contribution in [0, 0.1) is 6.92 Å². The van der Waals surface area contributed by atoms with Gasteiger partial charge in [0.2, 0.25) is 0 Å². The molecule has 4 rings (SSSR count). The van der Waals surface area contributed by atoms with Crippen LogP contribution < -0.4 is 19.5 Å². The Morgan fingerprint density at radius 2 is 1.62 bits per heavy atom. The first kappa shape index (κ1) is 23.1. The molecule has 1 unspecified atom stereocenters. The van der Waals surface area contributed by atoms with Gasteiger partial charge in [-0.1, -0.05) is 24.3 Å². The van der Waals surface area contributed by atoms with Crippen molar-refractivity contribution in [2.75, 3.05) is 32.7 Å². The molecule has 0 aliphatic rings. The van der Waals surface area contributed by atoms with E-state index in [2.05, 4.69) is 15.4 Å². The standard InChI is InChI=1S/C26H28N4O4/c1-18-6-4-5-7-24(18)25-28-26(33-3)29-30(25)20-10-8-19(9-11-20)27-16-21(31)17-34-23-14-12-22(32-2)13-15-23/h4-15,21,27,31H,16-17H2,1-3H3. The topological polar surface area (TPSA) is 90.7 Å². The molecule has 0 bridgehead atoms. The van der Waals surface area contributed by atoms with Crippen LogP contribution in [0.3, 0.4) is 0 Å². The maximum atomic E-state index is 10.3. The molecule has 0 fully saturated rings. The smallest absolute Gasteiger partial charge is 0.336 e. The molecule has 0 aliphatic heterocycles. The Kier molecular flexibility index (Phi) is 7.29. The average molecular weight is 461 g/mol. The predicted octanol–water partition coefficient (Wildman–Crippen LogP) is 4.11. The van der Waals surface area contributed by atoms with Gasteiger partial charge in [-0.2, -0.15) is 4.98 Å². The summed E-state index contributed by atoms with van der Waals surface area (Å²) < 4.78 is 17.8. The number of benzene rings is 3. The summed E-state index contributed by atoms with van der Waals surface area (Å²) >= 11 is 0. The molecule has 2 N–H and O–H groups in total. The van der Waals surface area contributed by atoms with Gasteiger partial charge in [-0.25, -0.2) is 4.68 Å². The molecule has 4 aromatic rings. The highest BCUT2D eigenvalue weighted by molar-refractivity contribution is 5.63. The lowest BCUT2D eigenvalue weighted by Gasteiger charge is -2.15. The van der Waals surface area contributed by atoms with E-state index in [1.54, 1.807) is 18.9 Å². The van der Waals surface area contributed by atoms with Crippen LogP contribution in [0.25, 0.3) is 17.1 Å². The molecule has 1 heterocycles. The highest BCUT2D eigenvalue weighted by atomic mass is 16.5. The molecule has 0 amide bonds. The van der Waals surface area contributed by atoms with Crippen molar-refractivity contribution in [3.8, 4) is 34.6 Å². The van der Waals surface area contributed by atoms with E-state index in [9.17, 15) is 5.11 Å². The molecule has 176 valence electrons. The van der Waals surface area contributed by atoms with Crippen molar-refractivity contribution in [1.82, 2.24) is 14.8 Å². The number of methoxy groups -OCH3 is 2. The number of aromatic nitrogens is 3. The van der Waals surface area contributed by atoms with Crippen molar-refractivity contribution >= 4 is 5.69 Å². The minimum atomic E-state index is -0.672. The summed E-state index contributed by atoms with van der Waals surface area (Å²) in [6, 6.07) is 23.3. The molecule has 3 aromatic carbocycles. The van der Waals surface area contributed by atoms with Gasteiger partial charge in [-0.05, 0) is 61.0 Å². The third kappa shape index (κ3) is 5.47. The summed E-state index contributed by atoms with van der Waals surface area (Å²) in [5.41, 5.74) is 3.81. The third-order valence-electron chi connectivity index (χ3n) is 5.31. The second-order valence-electron chi connectivity index (χ2n) is 7.72. The molecule has 0 aliphatic carbocycles. The van der Waals surface area contributed by atoms with Crippen LogP contribution in [0.4, 0.5) is 5.69 Å². The zero-order chi connectivity index (χ0) is 23.9. The van der Waals surface area contributed by atoms with Gasteiger partial charge in [0, 0.05) is 17.8 Å². The van der Waals surface area contributed by atoms with E-state index in [0.29, 0.717) is 24.1 Å². The van der Waals surface area contributed by atoms with Gasteiger partial charge in [0.1, 0.15) is 24.2 Å². The summed E-state index contributed by atoms with van der Waals surface area (Å²) in [4.78, 5) is 4.53. The summed E-state index contributed by atoms with van der Waals surface area (Å²) in [6.07, 6.45) is -0.672. The maximum Gasteiger partial charge on any atom is 0.336 e. The Labute approximate surface area is 198 Å². The Hall–Kier alpha value is -4.04. The molecular weight excluding hydrogens is 432 g/mol. The van der Waals surface area contributed by atoms with E-state index in [1.165, 1.54) is 0 Å². The van der Waals surface area contributed by atoms with Crippen LogP contribution in [-0.2, 0) is 0 Å². The number of rotatable bonds is 10. The number of aliphatic hydroxyl groups excluding tert-OH is 1. The van der Waals surface area contributed by atoms with Crippen molar-refractivity contribution in [2.45, 2.75) is 13.0 Å². The van der Waals surface area contributed by atoms with Gasteiger partial charge in [0.25, 0.3) is 0 Å². The van der Waals surface area contributed by atoms with E-state index >= 15 is 0 Å². The number of nitrogens with one attached hydrogen (secondary N) is 1. The molecule has 8 heteroatoms. The fourth-order valence-electron chi connectivity index (χ4n) is 3.44. The second kappa shape index (κ2) is 10.7. The van der Waals surface area contributed by atoms with E-state index in [-0.39, 0.29) is 6.61 Å². The van der Waals surface area contributed by atoms with Crippen LogP contribution in [0.15, 0.2) is 72.8 Å². The Morgan fingerprint density at radius 3 is 2.29 bits per heavy atom. The minimum Gasteiger partial charge on any atom is -0.497 e. The SMILES string of the molecule is COc1ccc(OCC(O)CNc2ccc(-n3nc(OC)nc3-c3ccccc3C)cc2)cc1. The highest BCUT2D eigenvalue weighted by Gasteiger charge is 2.15. The second-order valence-corrected chi connectivity index (χ2v) is 7.72. The number of hydrogen-bond acceptors (Lipinski definition) is 7. The van der Waals surface area contributed by atoms with E-state index < -0.39 is 6.10 Å². The highest BCUT2D eigenvalue weighted by Crippen LogP contribution is 2.26. The van der Waals surface area contributed by atoms with Crippen molar-refractivity contribution in [3.05, 3.63) is 78.4 Å². The minimum absolute atomic E-state index is 0.177. The third-order valence-corrected chi connectivity index (χ3v) is 5.31. The number of aryl methyl sites for hydroxylation is 1. The predicted molar refractivity (Wildman–Crippen MR) is 131 cm³/mol.